The Balaban J connectivity index is 2.87. The fourth-order valence-corrected chi connectivity index (χ4v) is 1.41. The molecule has 0 aromatic heterocycles. The fraction of sp³-hybridized carbons (Fsp3) is 0.455. The third-order valence-electron chi connectivity index (χ3n) is 1.78. The van der Waals surface area contributed by atoms with Crippen molar-refractivity contribution in [2.24, 2.45) is 5.92 Å². The molecule has 0 heterocycles. The molecule has 0 unspecified atom stereocenters. The molecule has 15 heavy (non-hydrogen) atoms. The highest BCUT2D eigenvalue weighted by atomic mass is 79.9. The largest absolute Gasteiger partial charge is 0.493 e. The van der Waals surface area contributed by atoms with Gasteiger partial charge in [0.25, 0.3) is 6.43 Å². The Morgan fingerprint density at radius 3 is 2.53 bits per heavy atom. The first-order chi connectivity index (χ1) is 7.00. The van der Waals surface area contributed by atoms with Crippen LogP contribution in [0.25, 0.3) is 0 Å². The number of alkyl halides is 2. The SMILES string of the molecule is CC(C)COc1cc(Br)ccc1C(F)F. The minimum atomic E-state index is -2.50. The van der Waals surface area contributed by atoms with Crippen LogP contribution in [0.15, 0.2) is 22.7 Å². The van der Waals surface area contributed by atoms with E-state index in [0.29, 0.717) is 12.5 Å². The first-order valence-electron chi connectivity index (χ1n) is 4.71. The van der Waals surface area contributed by atoms with Gasteiger partial charge in [-0.15, -0.1) is 0 Å². The van der Waals surface area contributed by atoms with Crippen molar-refractivity contribution in [2.75, 3.05) is 6.61 Å². The Morgan fingerprint density at radius 1 is 1.33 bits per heavy atom. The van der Waals surface area contributed by atoms with E-state index in [0.717, 1.165) is 4.47 Å². The van der Waals surface area contributed by atoms with Gasteiger partial charge >= 0.3 is 0 Å². The molecule has 0 amide bonds. The van der Waals surface area contributed by atoms with E-state index >= 15 is 0 Å². The van der Waals surface area contributed by atoms with Gasteiger partial charge in [0.15, 0.2) is 0 Å². The Labute approximate surface area is 96.6 Å². The standard InChI is InChI=1S/C11H13BrF2O/c1-7(2)6-15-10-5-8(12)3-4-9(10)11(13)14/h3-5,7,11H,6H2,1-2H3. The Hall–Kier alpha value is -0.640. The van der Waals surface area contributed by atoms with Crippen LogP contribution in [0.3, 0.4) is 0 Å². The minimum absolute atomic E-state index is 0.0566. The topological polar surface area (TPSA) is 9.23 Å². The van der Waals surface area contributed by atoms with Gasteiger partial charge in [-0.1, -0.05) is 29.8 Å². The molecular formula is C11H13BrF2O. The van der Waals surface area contributed by atoms with E-state index in [1.165, 1.54) is 6.07 Å². The van der Waals surface area contributed by atoms with Crippen LogP contribution in [-0.4, -0.2) is 6.61 Å². The van der Waals surface area contributed by atoms with Crippen LogP contribution in [0.5, 0.6) is 5.75 Å². The van der Waals surface area contributed by atoms with E-state index in [-0.39, 0.29) is 11.3 Å². The summed E-state index contributed by atoms with van der Waals surface area (Å²) >= 11 is 3.23. The van der Waals surface area contributed by atoms with Gasteiger partial charge in [-0.2, -0.15) is 0 Å². The van der Waals surface area contributed by atoms with Gasteiger partial charge in [0.2, 0.25) is 0 Å². The van der Waals surface area contributed by atoms with Crippen molar-refractivity contribution in [1.29, 1.82) is 0 Å². The molecule has 0 spiro atoms. The third-order valence-corrected chi connectivity index (χ3v) is 2.28. The maximum atomic E-state index is 12.6. The van der Waals surface area contributed by atoms with Crippen LogP contribution in [0.4, 0.5) is 8.78 Å². The van der Waals surface area contributed by atoms with Crippen molar-refractivity contribution in [1.82, 2.24) is 0 Å². The summed E-state index contributed by atoms with van der Waals surface area (Å²) in [5.74, 6) is 0.572. The second-order valence-electron chi connectivity index (χ2n) is 3.69. The van der Waals surface area contributed by atoms with Crippen LogP contribution in [-0.2, 0) is 0 Å². The second kappa shape index (κ2) is 5.45. The van der Waals surface area contributed by atoms with Crippen molar-refractivity contribution < 1.29 is 13.5 Å². The molecule has 0 atom stereocenters. The molecule has 4 heteroatoms. The molecule has 0 N–H and O–H groups in total. The smallest absolute Gasteiger partial charge is 0.267 e. The predicted molar refractivity (Wildman–Crippen MR) is 59.4 cm³/mol. The average molecular weight is 279 g/mol. The summed E-state index contributed by atoms with van der Waals surface area (Å²) in [4.78, 5) is 0. The van der Waals surface area contributed by atoms with Gasteiger partial charge in [0, 0.05) is 4.47 Å². The van der Waals surface area contributed by atoms with Crippen LogP contribution in [0, 0.1) is 5.92 Å². The van der Waals surface area contributed by atoms with Crippen molar-refractivity contribution in [2.45, 2.75) is 20.3 Å². The highest BCUT2D eigenvalue weighted by Gasteiger charge is 2.14. The maximum Gasteiger partial charge on any atom is 0.267 e. The van der Waals surface area contributed by atoms with E-state index in [4.69, 9.17) is 4.74 Å². The summed E-state index contributed by atoms with van der Waals surface area (Å²) in [6, 6.07) is 4.54. The normalized spacial score (nSPS) is 11.1. The predicted octanol–water partition coefficient (Wildman–Crippen LogP) is 4.42. The van der Waals surface area contributed by atoms with E-state index in [9.17, 15) is 8.78 Å². The lowest BCUT2D eigenvalue weighted by Gasteiger charge is -2.13. The highest BCUT2D eigenvalue weighted by Crippen LogP contribution is 2.31. The summed E-state index contributed by atoms with van der Waals surface area (Å²) in [6.45, 7) is 4.39. The van der Waals surface area contributed by atoms with Crippen LogP contribution >= 0.6 is 15.9 Å². The second-order valence-corrected chi connectivity index (χ2v) is 4.60. The monoisotopic (exact) mass is 278 g/mol. The number of ether oxygens (including phenoxy) is 1. The molecule has 1 aromatic rings. The van der Waals surface area contributed by atoms with Gasteiger partial charge < -0.3 is 4.74 Å². The summed E-state index contributed by atoms with van der Waals surface area (Å²) in [5, 5.41) is 0. The number of hydrogen-bond donors (Lipinski definition) is 0. The molecule has 0 radical (unpaired) electrons. The van der Waals surface area contributed by atoms with Crippen LogP contribution in [0.1, 0.15) is 25.8 Å². The molecule has 0 bridgehead atoms. The highest BCUT2D eigenvalue weighted by molar-refractivity contribution is 9.10. The fourth-order valence-electron chi connectivity index (χ4n) is 1.07. The molecule has 0 saturated carbocycles. The molecule has 1 aromatic carbocycles. The number of hydrogen-bond acceptors (Lipinski definition) is 1. The van der Waals surface area contributed by atoms with Crippen molar-refractivity contribution in [3.8, 4) is 5.75 Å². The van der Waals surface area contributed by atoms with Crippen molar-refractivity contribution in [3.63, 3.8) is 0 Å². The molecule has 0 fully saturated rings. The van der Waals surface area contributed by atoms with E-state index in [1.807, 2.05) is 13.8 Å². The quantitative estimate of drug-likeness (QED) is 0.792. The zero-order valence-corrected chi connectivity index (χ0v) is 10.2. The lowest BCUT2D eigenvalue weighted by atomic mass is 10.2. The molecule has 0 saturated heterocycles. The minimum Gasteiger partial charge on any atom is -0.493 e. The lowest BCUT2D eigenvalue weighted by molar-refractivity contribution is 0.143. The summed E-state index contributed by atoms with van der Waals surface area (Å²) in [7, 11) is 0. The Kier molecular flexibility index (Phi) is 4.51. The molecule has 0 aliphatic rings. The van der Waals surface area contributed by atoms with Crippen LogP contribution < -0.4 is 4.74 Å². The van der Waals surface area contributed by atoms with Gasteiger partial charge in [0.05, 0.1) is 12.2 Å². The van der Waals surface area contributed by atoms with Gasteiger partial charge in [-0.25, -0.2) is 8.78 Å². The van der Waals surface area contributed by atoms with Crippen LogP contribution in [0.2, 0.25) is 0 Å². The number of benzene rings is 1. The maximum absolute atomic E-state index is 12.6. The Morgan fingerprint density at radius 2 is 2.00 bits per heavy atom. The summed E-state index contributed by atoms with van der Waals surface area (Å²) < 4.78 is 31.2. The molecule has 1 rings (SSSR count). The number of rotatable bonds is 4. The van der Waals surface area contributed by atoms with E-state index in [2.05, 4.69) is 15.9 Å². The van der Waals surface area contributed by atoms with E-state index < -0.39 is 6.43 Å². The van der Waals surface area contributed by atoms with E-state index in [1.54, 1.807) is 12.1 Å². The number of halogens is 3. The molecule has 0 aliphatic heterocycles. The lowest BCUT2D eigenvalue weighted by Crippen LogP contribution is -2.06. The summed E-state index contributed by atoms with van der Waals surface area (Å²) in [5.41, 5.74) is -0.0566. The zero-order chi connectivity index (χ0) is 11.4. The average Bonchev–Trinajstić information content (AvgIpc) is 2.14. The van der Waals surface area contributed by atoms with Gasteiger partial charge in [-0.3, -0.25) is 0 Å². The summed E-state index contributed by atoms with van der Waals surface area (Å²) in [6.07, 6.45) is -2.50. The van der Waals surface area contributed by atoms with Gasteiger partial charge in [-0.05, 0) is 24.1 Å². The Bertz CT molecular complexity index is 326. The van der Waals surface area contributed by atoms with Crippen molar-refractivity contribution >= 4 is 15.9 Å². The first kappa shape index (κ1) is 12.4. The van der Waals surface area contributed by atoms with Crippen molar-refractivity contribution in [3.05, 3.63) is 28.2 Å². The molecule has 0 aliphatic carbocycles. The van der Waals surface area contributed by atoms with Gasteiger partial charge in [0.1, 0.15) is 5.75 Å². The zero-order valence-electron chi connectivity index (χ0n) is 8.64. The first-order valence-corrected chi connectivity index (χ1v) is 5.50. The molecule has 84 valence electrons. The molecular weight excluding hydrogens is 266 g/mol. The third kappa shape index (κ3) is 3.78. The molecule has 1 nitrogen and oxygen atoms in total.